The molecule has 0 aromatic heterocycles. The fourth-order valence-electron chi connectivity index (χ4n) is 2.82. The molecule has 0 spiro atoms. The van der Waals surface area contributed by atoms with Gasteiger partial charge in [-0.05, 0) is 24.3 Å². The molecule has 1 aromatic carbocycles. The van der Waals surface area contributed by atoms with Crippen LogP contribution in [0.3, 0.4) is 0 Å². The lowest BCUT2D eigenvalue weighted by Gasteiger charge is -2.23. The number of nitriles is 1. The fourth-order valence-corrected chi connectivity index (χ4v) is 2.82. The molecule has 6 nitrogen and oxygen atoms in total. The van der Waals surface area contributed by atoms with Gasteiger partial charge in [-0.25, -0.2) is 4.79 Å². The molecule has 1 fully saturated rings. The van der Waals surface area contributed by atoms with Crippen molar-refractivity contribution < 1.29 is 14.3 Å². The Labute approximate surface area is 135 Å². The van der Waals surface area contributed by atoms with Gasteiger partial charge in [-0.1, -0.05) is 43.2 Å². The van der Waals surface area contributed by atoms with Crippen LogP contribution in [0.25, 0.3) is 0 Å². The zero-order valence-corrected chi connectivity index (χ0v) is 13.0. The number of amides is 2. The van der Waals surface area contributed by atoms with E-state index in [1.807, 2.05) is 36.4 Å². The summed E-state index contributed by atoms with van der Waals surface area (Å²) in [6.07, 6.45) is 3.27. The molecule has 0 aliphatic heterocycles. The van der Waals surface area contributed by atoms with Crippen molar-refractivity contribution >= 4 is 12.0 Å². The number of carbonyl (C=O) groups is 2. The van der Waals surface area contributed by atoms with Crippen LogP contribution in [0.1, 0.15) is 31.2 Å². The van der Waals surface area contributed by atoms with Gasteiger partial charge in [0.25, 0.3) is 0 Å². The third-order valence-corrected chi connectivity index (χ3v) is 3.98. The highest BCUT2D eigenvalue weighted by atomic mass is 16.5. The van der Waals surface area contributed by atoms with Crippen LogP contribution >= 0.6 is 0 Å². The molecule has 1 saturated carbocycles. The zero-order chi connectivity index (χ0) is 16.5. The molecule has 2 rings (SSSR count). The van der Waals surface area contributed by atoms with Crippen molar-refractivity contribution in [3.05, 3.63) is 35.9 Å². The number of benzene rings is 1. The number of ether oxygens (including phenoxy) is 1. The maximum atomic E-state index is 12.2. The van der Waals surface area contributed by atoms with Gasteiger partial charge in [0.05, 0.1) is 6.07 Å². The summed E-state index contributed by atoms with van der Waals surface area (Å²) in [6, 6.07) is 10.6. The molecule has 2 N–H and O–H groups in total. The van der Waals surface area contributed by atoms with E-state index in [0.29, 0.717) is 0 Å². The van der Waals surface area contributed by atoms with Crippen LogP contribution in [0.4, 0.5) is 4.79 Å². The predicted octanol–water partition coefficient (Wildman–Crippen LogP) is 2.11. The molecule has 23 heavy (non-hydrogen) atoms. The molecule has 2 amide bonds. The highest BCUT2D eigenvalue weighted by Gasteiger charge is 2.32. The number of rotatable bonds is 6. The largest absolute Gasteiger partial charge is 0.445 e. The van der Waals surface area contributed by atoms with Crippen molar-refractivity contribution in [2.45, 2.75) is 38.3 Å². The van der Waals surface area contributed by atoms with E-state index in [9.17, 15) is 9.59 Å². The van der Waals surface area contributed by atoms with E-state index in [2.05, 4.69) is 10.6 Å². The van der Waals surface area contributed by atoms with Gasteiger partial charge in [-0.15, -0.1) is 0 Å². The highest BCUT2D eigenvalue weighted by Crippen LogP contribution is 2.28. The topological polar surface area (TPSA) is 91.2 Å². The van der Waals surface area contributed by atoms with E-state index in [0.717, 1.165) is 31.2 Å². The van der Waals surface area contributed by atoms with Crippen molar-refractivity contribution in [1.29, 1.82) is 5.26 Å². The zero-order valence-electron chi connectivity index (χ0n) is 13.0. The fraction of sp³-hybridized carbons (Fsp3) is 0.471. The molecule has 0 bridgehead atoms. The number of hydrogen-bond acceptors (Lipinski definition) is 4. The summed E-state index contributed by atoms with van der Waals surface area (Å²) in [7, 11) is 0. The molecule has 0 unspecified atom stereocenters. The lowest BCUT2D eigenvalue weighted by Crippen LogP contribution is -2.50. The molecule has 1 aliphatic carbocycles. The van der Waals surface area contributed by atoms with Crippen LogP contribution in [-0.4, -0.2) is 24.6 Å². The van der Waals surface area contributed by atoms with Crippen LogP contribution in [-0.2, 0) is 16.1 Å². The van der Waals surface area contributed by atoms with Crippen molar-refractivity contribution in [3.63, 3.8) is 0 Å². The van der Waals surface area contributed by atoms with Gasteiger partial charge in [-0.3, -0.25) is 4.79 Å². The summed E-state index contributed by atoms with van der Waals surface area (Å²) >= 11 is 0. The Hall–Kier alpha value is -2.55. The van der Waals surface area contributed by atoms with E-state index in [-0.39, 0.29) is 25.0 Å². The minimum atomic E-state index is -0.644. The number of hydrogen-bond donors (Lipinski definition) is 2. The third kappa shape index (κ3) is 5.29. The first-order valence-electron chi connectivity index (χ1n) is 7.82. The van der Waals surface area contributed by atoms with Crippen molar-refractivity contribution in [2.75, 3.05) is 6.54 Å². The van der Waals surface area contributed by atoms with E-state index >= 15 is 0 Å². The maximum Gasteiger partial charge on any atom is 0.408 e. The molecule has 1 atom stereocenters. The van der Waals surface area contributed by atoms with Crippen LogP contribution < -0.4 is 10.6 Å². The van der Waals surface area contributed by atoms with Crippen molar-refractivity contribution in [3.8, 4) is 6.07 Å². The molecule has 122 valence electrons. The first kappa shape index (κ1) is 16.8. The lowest BCUT2D eigenvalue weighted by atomic mass is 9.97. The first-order chi connectivity index (χ1) is 11.2. The monoisotopic (exact) mass is 315 g/mol. The van der Waals surface area contributed by atoms with Crippen LogP contribution in [0.2, 0.25) is 0 Å². The molecular weight excluding hydrogens is 294 g/mol. The summed E-state index contributed by atoms with van der Waals surface area (Å²) < 4.78 is 5.18. The third-order valence-electron chi connectivity index (χ3n) is 3.98. The Morgan fingerprint density at radius 3 is 2.61 bits per heavy atom. The summed E-state index contributed by atoms with van der Waals surface area (Å²) in [5.41, 5.74) is 0.883. The van der Waals surface area contributed by atoms with Crippen molar-refractivity contribution in [1.82, 2.24) is 10.6 Å². The molecular formula is C17H21N3O3. The Morgan fingerprint density at radius 1 is 1.26 bits per heavy atom. The van der Waals surface area contributed by atoms with E-state index < -0.39 is 12.1 Å². The summed E-state index contributed by atoms with van der Waals surface area (Å²) in [4.78, 5) is 24.1. The summed E-state index contributed by atoms with van der Waals surface area (Å²) in [6.45, 7) is 0.0900. The standard InChI is InChI=1S/C17H21N3O3/c18-10-11-19-16(21)15(14-8-4-5-9-14)20-17(22)23-12-13-6-2-1-3-7-13/h1-3,6-7,14-15H,4-5,8-9,11-12H2,(H,19,21)(H,20,22)/t15-/m1/s1. The molecule has 1 aliphatic rings. The Balaban J connectivity index is 1.89. The lowest BCUT2D eigenvalue weighted by molar-refractivity contribution is -0.124. The van der Waals surface area contributed by atoms with E-state index in [1.165, 1.54) is 0 Å². The van der Waals surface area contributed by atoms with E-state index in [4.69, 9.17) is 10.00 Å². The number of nitrogens with one attached hydrogen (secondary N) is 2. The van der Waals surface area contributed by atoms with Gasteiger partial charge >= 0.3 is 6.09 Å². The summed E-state index contributed by atoms with van der Waals surface area (Å²) in [5, 5.41) is 13.8. The quantitative estimate of drug-likeness (QED) is 0.787. The second-order valence-electron chi connectivity index (χ2n) is 5.60. The van der Waals surface area contributed by atoms with Crippen molar-refractivity contribution in [2.24, 2.45) is 5.92 Å². The predicted molar refractivity (Wildman–Crippen MR) is 84.1 cm³/mol. The van der Waals surface area contributed by atoms with Crippen LogP contribution in [0, 0.1) is 17.2 Å². The van der Waals surface area contributed by atoms with Gasteiger partial charge in [0, 0.05) is 0 Å². The van der Waals surface area contributed by atoms with Gasteiger partial charge in [0.15, 0.2) is 0 Å². The Bertz CT molecular complexity index is 562. The average molecular weight is 315 g/mol. The van der Waals surface area contributed by atoms with Crippen LogP contribution in [0.5, 0.6) is 0 Å². The first-order valence-corrected chi connectivity index (χ1v) is 7.82. The smallest absolute Gasteiger partial charge is 0.408 e. The minimum Gasteiger partial charge on any atom is -0.445 e. The molecule has 0 radical (unpaired) electrons. The SMILES string of the molecule is N#CCNC(=O)[C@H](NC(=O)OCc1ccccc1)C1CCCC1. The second kappa shape index (κ2) is 8.79. The Kier molecular flexibility index (Phi) is 6.42. The van der Waals surface area contributed by atoms with Gasteiger partial charge < -0.3 is 15.4 Å². The van der Waals surface area contributed by atoms with Gasteiger partial charge in [-0.2, -0.15) is 5.26 Å². The second-order valence-corrected chi connectivity index (χ2v) is 5.60. The molecule has 0 saturated heterocycles. The van der Waals surface area contributed by atoms with Crippen LogP contribution in [0.15, 0.2) is 30.3 Å². The molecule has 6 heteroatoms. The molecule has 1 aromatic rings. The average Bonchev–Trinajstić information content (AvgIpc) is 3.11. The maximum absolute atomic E-state index is 12.2. The number of alkyl carbamates (subject to hydrolysis) is 1. The summed E-state index contributed by atoms with van der Waals surface area (Å²) in [5.74, 6) is -0.229. The molecule has 0 heterocycles. The number of nitrogens with zero attached hydrogens (tertiary/aromatic N) is 1. The van der Waals surface area contributed by atoms with E-state index in [1.54, 1.807) is 0 Å². The normalized spacial score (nSPS) is 15.4. The van der Waals surface area contributed by atoms with Gasteiger partial charge in [0.2, 0.25) is 5.91 Å². The number of carbonyl (C=O) groups excluding carboxylic acids is 2. The Morgan fingerprint density at radius 2 is 1.96 bits per heavy atom. The minimum absolute atomic E-state index is 0.0667. The highest BCUT2D eigenvalue weighted by molar-refractivity contribution is 5.86. The van der Waals surface area contributed by atoms with Gasteiger partial charge in [0.1, 0.15) is 19.2 Å².